The predicted octanol–water partition coefficient (Wildman–Crippen LogP) is 4.15. The summed E-state index contributed by atoms with van der Waals surface area (Å²) in [7, 11) is -1.59. The van der Waals surface area contributed by atoms with Gasteiger partial charge in [-0.1, -0.05) is 37.0 Å². The van der Waals surface area contributed by atoms with Crippen molar-refractivity contribution in [3.63, 3.8) is 0 Å². The average molecular weight is 531 g/mol. The number of carbonyl (C=O) groups is 3. The molecule has 0 radical (unpaired) electrons. The molecule has 0 aromatic heterocycles. The molecule has 1 N–H and O–H groups in total. The van der Waals surface area contributed by atoms with Gasteiger partial charge in [0, 0.05) is 11.7 Å². The Bertz CT molecular complexity index is 1240. The van der Waals surface area contributed by atoms with Crippen LogP contribution in [0.3, 0.4) is 0 Å². The molecule has 0 aliphatic heterocycles. The van der Waals surface area contributed by atoms with Gasteiger partial charge in [0.15, 0.2) is 0 Å². The number of methoxy groups -OCH3 is 2. The van der Waals surface area contributed by atoms with E-state index in [4.69, 9.17) is 9.47 Å². The lowest BCUT2D eigenvalue weighted by Crippen LogP contribution is -2.46. The summed E-state index contributed by atoms with van der Waals surface area (Å²) >= 11 is 0. The zero-order valence-electron chi connectivity index (χ0n) is 21.9. The Labute approximate surface area is 218 Å². The maximum Gasteiger partial charge on any atom is 0.337 e. The molecule has 37 heavy (non-hydrogen) atoms. The molecular formula is C27H34N2O7S. The highest BCUT2D eigenvalue weighted by molar-refractivity contribution is 7.89. The van der Waals surface area contributed by atoms with Gasteiger partial charge in [0.25, 0.3) is 0 Å². The van der Waals surface area contributed by atoms with Crippen LogP contribution in [0.15, 0.2) is 35.2 Å². The normalized spacial score (nSPS) is 14.3. The minimum Gasteiger partial charge on any atom is -0.465 e. The first kappa shape index (κ1) is 28.3. The molecule has 9 nitrogen and oxygen atoms in total. The maximum absolute atomic E-state index is 14.0. The third-order valence-corrected chi connectivity index (χ3v) is 8.72. The SMILES string of the molecule is COC(=O)c1cc(NC(=O)CN(C2CCCCC2)S(=O)(=O)c2c(C)cc(C)cc2C)cc(C(=O)OC)c1. The van der Waals surface area contributed by atoms with Crippen LogP contribution in [0.25, 0.3) is 0 Å². The average Bonchev–Trinajstić information content (AvgIpc) is 2.85. The third kappa shape index (κ3) is 6.56. The van der Waals surface area contributed by atoms with Gasteiger partial charge in [0.05, 0.1) is 36.8 Å². The van der Waals surface area contributed by atoms with Crippen molar-refractivity contribution in [2.45, 2.75) is 63.8 Å². The Hall–Kier alpha value is -3.24. The third-order valence-electron chi connectivity index (χ3n) is 6.51. The molecule has 3 rings (SSSR count). The van der Waals surface area contributed by atoms with Gasteiger partial charge in [-0.25, -0.2) is 18.0 Å². The van der Waals surface area contributed by atoms with Crippen LogP contribution in [0.4, 0.5) is 5.69 Å². The fourth-order valence-electron chi connectivity index (χ4n) is 4.98. The van der Waals surface area contributed by atoms with E-state index in [2.05, 4.69) is 5.32 Å². The summed E-state index contributed by atoms with van der Waals surface area (Å²) in [6, 6.07) is 7.37. The Kier molecular flexibility index (Phi) is 9.09. The van der Waals surface area contributed by atoms with E-state index in [0.29, 0.717) is 24.0 Å². The van der Waals surface area contributed by atoms with Crippen LogP contribution in [0.5, 0.6) is 0 Å². The van der Waals surface area contributed by atoms with Gasteiger partial charge in [0.1, 0.15) is 0 Å². The van der Waals surface area contributed by atoms with Crippen LogP contribution in [0.2, 0.25) is 0 Å². The summed E-state index contributed by atoms with van der Waals surface area (Å²) in [5.41, 5.74) is 2.46. The second-order valence-electron chi connectivity index (χ2n) is 9.40. The second kappa shape index (κ2) is 11.9. The first-order valence-electron chi connectivity index (χ1n) is 12.2. The molecule has 1 amide bonds. The number of amides is 1. The van der Waals surface area contributed by atoms with Gasteiger partial charge >= 0.3 is 11.9 Å². The number of nitrogens with zero attached hydrogens (tertiary/aromatic N) is 1. The molecular weight excluding hydrogens is 496 g/mol. The summed E-state index contributed by atoms with van der Waals surface area (Å²) in [6.07, 6.45) is 4.12. The van der Waals surface area contributed by atoms with Crippen LogP contribution < -0.4 is 5.32 Å². The summed E-state index contributed by atoms with van der Waals surface area (Å²) < 4.78 is 38.7. The molecule has 1 aliphatic rings. The van der Waals surface area contributed by atoms with Gasteiger partial charge in [-0.2, -0.15) is 4.31 Å². The van der Waals surface area contributed by atoms with Crippen LogP contribution in [-0.2, 0) is 24.3 Å². The second-order valence-corrected chi connectivity index (χ2v) is 11.2. The zero-order chi connectivity index (χ0) is 27.3. The summed E-state index contributed by atoms with van der Waals surface area (Å²) in [6.45, 7) is 5.03. The van der Waals surface area contributed by atoms with E-state index in [1.165, 1.54) is 36.7 Å². The van der Waals surface area contributed by atoms with E-state index in [1.54, 1.807) is 13.8 Å². The molecule has 2 aromatic carbocycles. The van der Waals surface area contributed by atoms with E-state index >= 15 is 0 Å². The molecule has 10 heteroatoms. The van der Waals surface area contributed by atoms with Crippen molar-refractivity contribution in [1.82, 2.24) is 4.31 Å². The Morgan fingerprint density at radius 3 is 1.86 bits per heavy atom. The van der Waals surface area contributed by atoms with Crippen molar-refractivity contribution in [2.24, 2.45) is 0 Å². The van der Waals surface area contributed by atoms with Crippen LogP contribution in [0, 0.1) is 20.8 Å². The Balaban J connectivity index is 1.96. The molecule has 1 saturated carbocycles. The topological polar surface area (TPSA) is 119 Å². The molecule has 1 fully saturated rings. The van der Waals surface area contributed by atoms with Crippen molar-refractivity contribution in [3.8, 4) is 0 Å². The first-order chi connectivity index (χ1) is 17.5. The molecule has 1 aliphatic carbocycles. The fraction of sp³-hybridized carbons (Fsp3) is 0.444. The number of ether oxygens (including phenoxy) is 2. The highest BCUT2D eigenvalue weighted by Gasteiger charge is 2.35. The van der Waals surface area contributed by atoms with E-state index < -0.39 is 34.4 Å². The largest absolute Gasteiger partial charge is 0.465 e. The number of sulfonamides is 1. The van der Waals surface area contributed by atoms with Gasteiger partial charge in [-0.15, -0.1) is 0 Å². The van der Waals surface area contributed by atoms with E-state index in [0.717, 1.165) is 24.8 Å². The van der Waals surface area contributed by atoms with E-state index in [9.17, 15) is 22.8 Å². The highest BCUT2D eigenvalue weighted by atomic mass is 32.2. The monoisotopic (exact) mass is 530 g/mol. The maximum atomic E-state index is 14.0. The molecule has 0 heterocycles. The molecule has 0 bridgehead atoms. The quantitative estimate of drug-likeness (QED) is 0.509. The summed E-state index contributed by atoms with van der Waals surface area (Å²) in [4.78, 5) is 37.6. The van der Waals surface area contributed by atoms with Crippen molar-refractivity contribution in [2.75, 3.05) is 26.1 Å². The van der Waals surface area contributed by atoms with Crippen molar-refractivity contribution >= 4 is 33.6 Å². The highest BCUT2D eigenvalue weighted by Crippen LogP contribution is 2.31. The van der Waals surface area contributed by atoms with Crippen LogP contribution in [-0.4, -0.2) is 57.4 Å². The number of anilines is 1. The van der Waals surface area contributed by atoms with Gasteiger partial charge in [0.2, 0.25) is 15.9 Å². The van der Waals surface area contributed by atoms with Crippen molar-refractivity contribution < 1.29 is 32.3 Å². The number of aryl methyl sites for hydroxylation is 3. The van der Waals surface area contributed by atoms with Gasteiger partial charge < -0.3 is 14.8 Å². The number of rotatable bonds is 8. The minimum absolute atomic E-state index is 0.0448. The molecule has 0 spiro atoms. The standard InChI is InChI=1S/C27H34N2O7S/c1-17-11-18(2)25(19(3)12-17)37(33,34)29(23-9-7-6-8-10-23)16-24(30)28-22-14-20(26(31)35-4)13-21(15-22)27(32)36-5/h11-15,23H,6-10,16H2,1-5H3,(H,28,30). The fourth-order valence-corrected chi connectivity index (χ4v) is 7.04. The lowest BCUT2D eigenvalue weighted by molar-refractivity contribution is -0.116. The molecule has 2 aromatic rings. The van der Waals surface area contributed by atoms with Crippen LogP contribution >= 0.6 is 0 Å². The molecule has 200 valence electrons. The lowest BCUT2D eigenvalue weighted by atomic mass is 9.95. The van der Waals surface area contributed by atoms with E-state index in [-0.39, 0.29) is 27.8 Å². The molecule has 0 unspecified atom stereocenters. The van der Waals surface area contributed by atoms with Crippen LogP contribution in [0.1, 0.15) is 69.5 Å². The number of carbonyl (C=O) groups excluding carboxylic acids is 3. The number of esters is 2. The summed E-state index contributed by atoms with van der Waals surface area (Å²) in [5, 5.41) is 2.65. The van der Waals surface area contributed by atoms with E-state index in [1.807, 2.05) is 19.1 Å². The minimum atomic E-state index is -3.99. The van der Waals surface area contributed by atoms with Crippen molar-refractivity contribution in [3.05, 3.63) is 58.1 Å². The number of benzene rings is 2. The Morgan fingerprint density at radius 2 is 1.38 bits per heavy atom. The number of nitrogens with one attached hydrogen (secondary N) is 1. The van der Waals surface area contributed by atoms with Crippen molar-refractivity contribution in [1.29, 1.82) is 0 Å². The van der Waals surface area contributed by atoms with Gasteiger partial charge in [-0.05, 0) is 62.9 Å². The van der Waals surface area contributed by atoms with Gasteiger partial charge in [-0.3, -0.25) is 4.79 Å². The first-order valence-corrected chi connectivity index (χ1v) is 13.6. The number of hydrogen-bond acceptors (Lipinski definition) is 7. The summed E-state index contributed by atoms with van der Waals surface area (Å²) in [5.74, 6) is -1.98. The molecule has 0 atom stereocenters. The lowest BCUT2D eigenvalue weighted by Gasteiger charge is -2.33. The smallest absolute Gasteiger partial charge is 0.337 e. The predicted molar refractivity (Wildman–Crippen MR) is 139 cm³/mol. The molecule has 0 saturated heterocycles. The number of hydrogen-bond donors (Lipinski definition) is 1. The Morgan fingerprint density at radius 1 is 0.865 bits per heavy atom. The zero-order valence-corrected chi connectivity index (χ0v) is 22.7.